The van der Waals surface area contributed by atoms with Crippen molar-refractivity contribution in [2.75, 3.05) is 14.2 Å². The highest BCUT2D eigenvalue weighted by atomic mass is 32.2. The van der Waals surface area contributed by atoms with Gasteiger partial charge in [0.15, 0.2) is 0 Å². The maximum absolute atomic E-state index is 14.1. The number of hydrogen-bond acceptors (Lipinski definition) is 4. The molecule has 150 valence electrons. The topological polar surface area (TPSA) is 75.7 Å². The van der Waals surface area contributed by atoms with Gasteiger partial charge in [-0.25, -0.2) is 12.8 Å². The maximum atomic E-state index is 14.1. The van der Waals surface area contributed by atoms with E-state index in [2.05, 4.69) is 5.32 Å². The van der Waals surface area contributed by atoms with Gasteiger partial charge in [-0.15, -0.1) is 0 Å². The lowest BCUT2D eigenvalue weighted by atomic mass is 9.80. The Hall–Kier alpha value is -2.29. The van der Waals surface area contributed by atoms with Gasteiger partial charge in [0.1, 0.15) is 5.82 Å². The van der Waals surface area contributed by atoms with Crippen molar-refractivity contribution >= 4 is 15.9 Å². The largest absolute Gasteiger partial charge is 0.345 e. The average Bonchev–Trinajstić information content (AvgIpc) is 2.69. The number of hydroxylamine groups is 1. The lowest BCUT2D eigenvalue weighted by Gasteiger charge is -2.32. The van der Waals surface area contributed by atoms with E-state index in [9.17, 15) is 17.6 Å². The van der Waals surface area contributed by atoms with Crippen molar-refractivity contribution in [3.63, 3.8) is 0 Å². The molecule has 2 aromatic rings. The van der Waals surface area contributed by atoms with Gasteiger partial charge >= 0.3 is 0 Å². The van der Waals surface area contributed by atoms with E-state index in [1.54, 1.807) is 12.1 Å². The van der Waals surface area contributed by atoms with Gasteiger partial charge in [0, 0.05) is 12.6 Å². The summed E-state index contributed by atoms with van der Waals surface area (Å²) < 4.78 is 39.7. The standard InChI is InChI=1S/C20H23FN2O4S/c1-13-10-11-16-17(8-5-9-18(16)21)19(13)22-20(24)14-6-4-7-15(12-14)28(25,26)23(2)27-3/h4-9,12-13,19H,10-11H2,1-3H3,(H,22,24)/t13-,19-/m1/s1. The summed E-state index contributed by atoms with van der Waals surface area (Å²) in [5, 5.41) is 2.94. The fourth-order valence-electron chi connectivity index (χ4n) is 3.46. The number of nitrogens with one attached hydrogen (secondary N) is 1. The van der Waals surface area contributed by atoms with Crippen LogP contribution in [0.3, 0.4) is 0 Å². The first kappa shape index (κ1) is 20.4. The summed E-state index contributed by atoms with van der Waals surface area (Å²) in [7, 11) is -1.34. The zero-order valence-electron chi connectivity index (χ0n) is 16.0. The number of nitrogens with zero attached hydrogens (tertiary/aromatic N) is 1. The highest BCUT2D eigenvalue weighted by molar-refractivity contribution is 7.89. The van der Waals surface area contributed by atoms with Gasteiger partial charge < -0.3 is 5.32 Å². The molecule has 1 N–H and O–H groups in total. The summed E-state index contributed by atoms with van der Waals surface area (Å²) in [6, 6.07) is 10.3. The first-order valence-electron chi connectivity index (χ1n) is 8.97. The molecule has 0 saturated carbocycles. The number of halogens is 1. The van der Waals surface area contributed by atoms with Crippen LogP contribution >= 0.6 is 0 Å². The van der Waals surface area contributed by atoms with E-state index < -0.39 is 15.9 Å². The van der Waals surface area contributed by atoms with Gasteiger partial charge in [-0.2, -0.15) is 0 Å². The van der Waals surface area contributed by atoms with Crippen LogP contribution < -0.4 is 5.32 Å². The summed E-state index contributed by atoms with van der Waals surface area (Å²) >= 11 is 0. The van der Waals surface area contributed by atoms with Crippen molar-refractivity contribution in [1.82, 2.24) is 9.79 Å². The van der Waals surface area contributed by atoms with Gasteiger partial charge in [0.25, 0.3) is 15.9 Å². The molecule has 8 heteroatoms. The quantitative estimate of drug-likeness (QED) is 0.775. The highest BCUT2D eigenvalue weighted by Crippen LogP contribution is 2.35. The number of rotatable bonds is 5. The van der Waals surface area contributed by atoms with Gasteiger partial charge in [-0.1, -0.05) is 29.6 Å². The Balaban J connectivity index is 1.89. The van der Waals surface area contributed by atoms with Crippen LogP contribution in [0.5, 0.6) is 0 Å². The average molecular weight is 406 g/mol. The van der Waals surface area contributed by atoms with Crippen LogP contribution in [0.4, 0.5) is 4.39 Å². The minimum absolute atomic E-state index is 0.0485. The van der Waals surface area contributed by atoms with Crippen molar-refractivity contribution in [2.24, 2.45) is 5.92 Å². The van der Waals surface area contributed by atoms with Gasteiger partial charge in [0.05, 0.1) is 18.0 Å². The summed E-state index contributed by atoms with van der Waals surface area (Å²) in [4.78, 5) is 17.5. The second-order valence-electron chi connectivity index (χ2n) is 6.90. The fourth-order valence-corrected chi connectivity index (χ4v) is 4.48. The van der Waals surface area contributed by atoms with E-state index in [0.717, 1.165) is 16.5 Å². The molecule has 2 atom stereocenters. The van der Waals surface area contributed by atoms with E-state index in [1.165, 1.54) is 38.4 Å². The predicted molar refractivity (Wildman–Crippen MR) is 102 cm³/mol. The molecule has 6 nitrogen and oxygen atoms in total. The Labute approximate surface area is 164 Å². The molecule has 0 spiro atoms. The lowest BCUT2D eigenvalue weighted by molar-refractivity contribution is -0.0258. The minimum atomic E-state index is -3.86. The summed E-state index contributed by atoms with van der Waals surface area (Å²) in [6.45, 7) is 2.01. The van der Waals surface area contributed by atoms with Crippen LogP contribution in [0, 0.1) is 11.7 Å². The van der Waals surface area contributed by atoms with Crippen LogP contribution in [0.2, 0.25) is 0 Å². The van der Waals surface area contributed by atoms with E-state index in [4.69, 9.17) is 4.84 Å². The molecule has 1 aliphatic rings. The molecule has 1 amide bonds. The molecule has 0 radical (unpaired) electrons. The number of carbonyl (C=O) groups excluding carboxylic acids is 1. The van der Waals surface area contributed by atoms with Crippen molar-refractivity contribution in [3.8, 4) is 0 Å². The Bertz CT molecular complexity index is 993. The van der Waals surface area contributed by atoms with Crippen LogP contribution in [-0.4, -0.2) is 33.0 Å². The van der Waals surface area contributed by atoms with Gasteiger partial charge in [0.2, 0.25) is 0 Å². The van der Waals surface area contributed by atoms with Crippen molar-refractivity contribution in [2.45, 2.75) is 30.7 Å². The molecule has 0 bridgehead atoms. The molecule has 0 fully saturated rings. The van der Waals surface area contributed by atoms with E-state index in [1.807, 2.05) is 13.0 Å². The third kappa shape index (κ3) is 3.80. The summed E-state index contributed by atoms with van der Waals surface area (Å²) in [6.07, 6.45) is 1.39. The van der Waals surface area contributed by atoms with Crippen LogP contribution in [0.25, 0.3) is 0 Å². The minimum Gasteiger partial charge on any atom is -0.345 e. The Kier molecular flexibility index (Phi) is 5.83. The second kappa shape index (κ2) is 7.98. The molecule has 0 saturated heterocycles. The Morgan fingerprint density at radius 2 is 1.96 bits per heavy atom. The molecule has 3 rings (SSSR count). The van der Waals surface area contributed by atoms with E-state index >= 15 is 0 Å². The third-order valence-corrected chi connectivity index (χ3v) is 6.86. The number of sulfonamides is 1. The summed E-state index contributed by atoms with van der Waals surface area (Å²) in [5.41, 5.74) is 1.61. The third-order valence-electron chi connectivity index (χ3n) is 5.19. The van der Waals surface area contributed by atoms with E-state index in [-0.39, 0.29) is 28.2 Å². The monoisotopic (exact) mass is 406 g/mol. The van der Waals surface area contributed by atoms with Gasteiger partial charge in [-0.05, 0) is 54.2 Å². The number of benzene rings is 2. The smallest absolute Gasteiger partial charge is 0.264 e. The van der Waals surface area contributed by atoms with Crippen molar-refractivity contribution < 1.29 is 22.4 Å². The molecule has 1 aliphatic carbocycles. The van der Waals surface area contributed by atoms with Crippen molar-refractivity contribution in [3.05, 3.63) is 65.0 Å². The zero-order chi connectivity index (χ0) is 20.5. The first-order valence-corrected chi connectivity index (χ1v) is 10.4. The molecule has 0 heterocycles. The fraction of sp³-hybridized carbons (Fsp3) is 0.350. The SMILES string of the molecule is CON(C)S(=O)(=O)c1cccc(C(=O)N[C@H]2c3cccc(F)c3CC[C@H]2C)c1. The number of amides is 1. The number of carbonyl (C=O) groups is 1. The normalized spacial score (nSPS) is 19.3. The predicted octanol–water partition coefficient (Wildman–Crippen LogP) is 3.06. The Morgan fingerprint density at radius 3 is 2.68 bits per heavy atom. The lowest BCUT2D eigenvalue weighted by Crippen LogP contribution is -2.36. The molecule has 0 aromatic heterocycles. The zero-order valence-corrected chi connectivity index (χ0v) is 16.8. The molecule has 28 heavy (non-hydrogen) atoms. The summed E-state index contributed by atoms with van der Waals surface area (Å²) in [5.74, 6) is -0.546. The number of fused-ring (bicyclic) bond motifs is 1. The molecular formula is C20H23FN2O4S. The number of hydrogen-bond donors (Lipinski definition) is 1. The second-order valence-corrected chi connectivity index (χ2v) is 8.84. The van der Waals surface area contributed by atoms with Crippen LogP contribution in [0.15, 0.2) is 47.4 Å². The molecule has 0 unspecified atom stereocenters. The maximum Gasteiger partial charge on any atom is 0.264 e. The molecular weight excluding hydrogens is 383 g/mol. The molecule has 0 aliphatic heterocycles. The van der Waals surface area contributed by atoms with Crippen LogP contribution in [-0.2, 0) is 21.3 Å². The molecule has 2 aromatic carbocycles. The van der Waals surface area contributed by atoms with Gasteiger partial charge in [-0.3, -0.25) is 9.63 Å². The van der Waals surface area contributed by atoms with Crippen LogP contribution in [0.1, 0.15) is 40.9 Å². The van der Waals surface area contributed by atoms with E-state index in [0.29, 0.717) is 12.0 Å². The van der Waals surface area contributed by atoms with Crippen molar-refractivity contribution in [1.29, 1.82) is 0 Å². The highest BCUT2D eigenvalue weighted by Gasteiger charge is 2.30. The Morgan fingerprint density at radius 1 is 1.25 bits per heavy atom. The first-order chi connectivity index (χ1) is 13.3.